The number of anilines is 2. The first-order valence-corrected chi connectivity index (χ1v) is 12.7. The summed E-state index contributed by atoms with van der Waals surface area (Å²) in [6, 6.07) is 21.8. The SMILES string of the molecule is CCC(Oc1ccc(C(C)(C)CC)cc1)C(=O)Nc1ccc(C(=O)CC(=O)Nc2cccc(C)c2)cc1. The highest BCUT2D eigenvalue weighted by Gasteiger charge is 2.21. The van der Waals surface area contributed by atoms with E-state index in [1.165, 1.54) is 5.56 Å². The van der Waals surface area contributed by atoms with Gasteiger partial charge in [-0.2, -0.15) is 0 Å². The van der Waals surface area contributed by atoms with Gasteiger partial charge in [0.05, 0.1) is 6.42 Å². The number of benzene rings is 3. The summed E-state index contributed by atoms with van der Waals surface area (Å²) >= 11 is 0. The molecule has 0 aliphatic heterocycles. The van der Waals surface area contributed by atoms with Crippen LogP contribution >= 0.6 is 0 Å². The van der Waals surface area contributed by atoms with Crippen LogP contribution in [0.1, 0.15) is 68.4 Å². The van der Waals surface area contributed by atoms with Crippen molar-refractivity contribution in [1.82, 2.24) is 0 Å². The summed E-state index contributed by atoms with van der Waals surface area (Å²) in [6.45, 7) is 10.4. The van der Waals surface area contributed by atoms with Gasteiger partial charge >= 0.3 is 0 Å². The lowest BCUT2D eigenvalue weighted by atomic mass is 9.82. The predicted octanol–water partition coefficient (Wildman–Crippen LogP) is 6.69. The van der Waals surface area contributed by atoms with Crippen molar-refractivity contribution in [3.63, 3.8) is 0 Å². The van der Waals surface area contributed by atoms with Crippen molar-refractivity contribution in [2.45, 2.75) is 65.4 Å². The standard InChI is InChI=1S/C31H36N2O4/c1-6-28(37-26-17-13-23(14-18-26)31(4,5)7-2)30(36)33-24-15-11-22(12-16-24)27(34)20-29(35)32-25-10-8-9-21(3)19-25/h8-19,28H,6-7,20H2,1-5H3,(H,32,35)(H,33,36). The van der Waals surface area contributed by atoms with Crippen LogP contribution in [0, 0.1) is 6.92 Å². The molecule has 0 aromatic heterocycles. The van der Waals surface area contributed by atoms with Crippen LogP contribution in [-0.2, 0) is 15.0 Å². The van der Waals surface area contributed by atoms with Gasteiger partial charge in [0.2, 0.25) is 5.91 Å². The maximum atomic E-state index is 12.8. The summed E-state index contributed by atoms with van der Waals surface area (Å²) in [5, 5.41) is 5.59. The minimum atomic E-state index is -0.656. The van der Waals surface area contributed by atoms with E-state index in [2.05, 4.69) is 31.4 Å². The van der Waals surface area contributed by atoms with Crippen LogP contribution in [0.2, 0.25) is 0 Å². The highest BCUT2D eigenvalue weighted by Crippen LogP contribution is 2.28. The number of aryl methyl sites for hydroxylation is 1. The molecule has 6 heteroatoms. The second kappa shape index (κ2) is 12.3. The van der Waals surface area contributed by atoms with Crippen molar-refractivity contribution < 1.29 is 19.1 Å². The molecule has 0 spiro atoms. The van der Waals surface area contributed by atoms with Crippen molar-refractivity contribution in [2.75, 3.05) is 10.6 Å². The van der Waals surface area contributed by atoms with Crippen LogP contribution in [-0.4, -0.2) is 23.7 Å². The van der Waals surface area contributed by atoms with Crippen LogP contribution in [0.15, 0.2) is 72.8 Å². The van der Waals surface area contributed by atoms with Gasteiger partial charge in [0.25, 0.3) is 5.91 Å². The molecule has 194 valence electrons. The van der Waals surface area contributed by atoms with Crippen LogP contribution in [0.25, 0.3) is 0 Å². The average molecular weight is 501 g/mol. The lowest BCUT2D eigenvalue weighted by Gasteiger charge is -2.24. The third kappa shape index (κ3) is 7.78. The fourth-order valence-corrected chi connectivity index (χ4v) is 3.81. The zero-order chi connectivity index (χ0) is 27.0. The molecule has 0 radical (unpaired) electrons. The maximum Gasteiger partial charge on any atom is 0.265 e. The van der Waals surface area contributed by atoms with E-state index in [4.69, 9.17) is 4.74 Å². The summed E-state index contributed by atoms with van der Waals surface area (Å²) < 4.78 is 5.95. The molecule has 0 heterocycles. The lowest BCUT2D eigenvalue weighted by molar-refractivity contribution is -0.122. The van der Waals surface area contributed by atoms with E-state index < -0.39 is 6.10 Å². The van der Waals surface area contributed by atoms with Crippen molar-refractivity contribution in [3.8, 4) is 5.75 Å². The third-order valence-corrected chi connectivity index (χ3v) is 6.56. The molecule has 3 aromatic carbocycles. The van der Waals surface area contributed by atoms with Gasteiger partial charge < -0.3 is 15.4 Å². The van der Waals surface area contributed by atoms with E-state index in [9.17, 15) is 14.4 Å². The molecule has 1 atom stereocenters. The number of ketones is 1. The highest BCUT2D eigenvalue weighted by atomic mass is 16.5. The summed E-state index contributed by atoms with van der Waals surface area (Å²) in [6.07, 6.45) is 0.607. The van der Waals surface area contributed by atoms with Gasteiger partial charge in [-0.3, -0.25) is 14.4 Å². The Balaban J connectivity index is 1.55. The number of Topliss-reactive ketones (excluding diaryl/α,β-unsaturated/α-hetero) is 1. The lowest BCUT2D eigenvalue weighted by Crippen LogP contribution is -2.32. The Hall–Kier alpha value is -3.93. The maximum absolute atomic E-state index is 12.8. The molecule has 1 unspecified atom stereocenters. The first kappa shape index (κ1) is 27.7. The molecule has 37 heavy (non-hydrogen) atoms. The fraction of sp³-hybridized carbons (Fsp3) is 0.323. The number of carbonyl (C=O) groups excluding carboxylic acids is 3. The highest BCUT2D eigenvalue weighted by molar-refractivity contribution is 6.11. The van der Waals surface area contributed by atoms with Gasteiger partial charge in [-0.1, -0.05) is 52.0 Å². The zero-order valence-electron chi connectivity index (χ0n) is 22.3. The van der Waals surface area contributed by atoms with Gasteiger partial charge in [-0.25, -0.2) is 0 Å². The van der Waals surface area contributed by atoms with E-state index in [1.54, 1.807) is 30.3 Å². The number of ether oxygens (including phenoxy) is 1. The average Bonchev–Trinajstić information content (AvgIpc) is 2.87. The molecular weight excluding hydrogens is 464 g/mol. The largest absolute Gasteiger partial charge is 0.481 e. The van der Waals surface area contributed by atoms with Crippen LogP contribution in [0.5, 0.6) is 5.75 Å². The first-order chi connectivity index (χ1) is 17.6. The normalized spacial score (nSPS) is 11.9. The number of rotatable bonds is 11. The molecule has 0 bridgehead atoms. The Labute approximate surface area is 219 Å². The van der Waals surface area contributed by atoms with Crippen molar-refractivity contribution >= 4 is 29.0 Å². The van der Waals surface area contributed by atoms with Gasteiger partial charge in [0, 0.05) is 16.9 Å². The molecular formula is C31H36N2O4. The first-order valence-electron chi connectivity index (χ1n) is 12.7. The number of hydrogen-bond donors (Lipinski definition) is 2. The van der Waals surface area contributed by atoms with Crippen LogP contribution in [0.4, 0.5) is 11.4 Å². The number of carbonyl (C=O) groups is 3. The molecule has 0 aliphatic rings. The van der Waals surface area contributed by atoms with E-state index in [1.807, 2.05) is 56.3 Å². The molecule has 2 amide bonds. The smallest absolute Gasteiger partial charge is 0.265 e. The third-order valence-electron chi connectivity index (χ3n) is 6.56. The zero-order valence-corrected chi connectivity index (χ0v) is 22.3. The summed E-state index contributed by atoms with van der Waals surface area (Å²) in [5.74, 6) is -0.297. The minimum absolute atomic E-state index is 0.0818. The molecule has 0 saturated carbocycles. The molecule has 6 nitrogen and oxygen atoms in total. The summed E-state index contributed by atoms with van der Waals surface area (Å²) in [5.41, 5.74) is 3.93. The molecule has 0 fully saturated rings. The van der Waals surface area contributed by atoms with Crippen molar-refractivity contribution in [2.24, 2.45) is 0 Å². The summed E-state index contributed by atoms with van der Waals surface area (Å²) in [4.78, 5) is 37.6. The molecule has 3 rings (SSSR count). The second-order valence-corrected chi connectivity index (χ2v) is 9.86. The van der Waals surface area contributed by atoms with Crippen molar-refractivity contribution in [3.05, 3.63) is 89.5 Å². The van der Waals surface area contributed by atoms with E-state index in [0.29, 0.717) is 29.1 Å². The second-order valence-electron chi connectivity index (χ2n) is 9.86. The van der Waals surface area contributed by atoms with Crippen molar-refractivity contribution in [1.29, 1.82) is 0 Å². The van der Waals surface area contributed by atoms with Gasteiger partial charge in [-0.05, 0) is 84.8 Å². The Morgan fingerprint density at radius 1 is 0.865 bits per heavy atom. The Morgan fingerprint density at radius 2 is 1.54 bits per heavy atom. The molecule has 3 aromatic rings. The minimum Gasteiger partial charge on any atom is -0.481 e. The van der Waals surface area contributed by atoms with Gasteiger partial charge in [0.1, 0.15) is 5.75 Å². The fourth-order valence-electron chi connectivity index (χ4n) is 3.81. The number of amides is 2. The van der Waals surface area contributed by atoms with Crippen LogP contribution in [0.3, 0.4) is 0 Å². The van der Waals surface area contributed by atoms with E-state index >= 15 is 0 Å². The number of hydrogen-bond acceptors (Lipinski definition) is 4. The number of nitrogens with one attached hydrogen (secondary N) is 2. The van der Waals surface area contributed by atoms with E-state index in [-0.39, 0.29) is 29.4 Å². The quantitative estimate of drug-likeness (QED) is 0.227. The van der Waals surface area contributed by atoms with Gasteiger partial charge in [0.15, 0.2) is 11.9 Å². The Bertz CT molecular complexity index is 1230. The van der Waals surface area contributed by atoms with Gasteiger partial charge in [-0.15, -0.1) is 0 Å². The monoisotopic (exact) mass is 500 g/mol. The molecule has 0 aliphatic carbocycles. The summed E-state index contributed by atoms with van der Waals surface area (Å²) in [7, 11) is 0. The van der Waals surface area contributed by atoms with Crippen LogP contribution < -0.4 is 15.4 Å². The predicted molar refractivity (Wildman–Crippen MR) is 148 cm³/mol. The molecule has 2 N–H and O–H groups in total. The Kier molecular flexibility index (Phi) is 9.23. The Morgan fingerprint density at radius 3 is 2.14 bits per heavy atom. The molecule has 0 saturated heterocycles. The topological polar surface area (TPSA) is 84.5 Å². The van der Waals surface area contributed by atoms with E-state index in [0.717, 1.165) is 12.0 Å².